The van der Waals surface area contributed by atoms with Crippen LogP contribution in [0.1, 0.15) is 55.0 Å². The van der Waals surface area contributed by atoms with Crippen LogP contribution in [0.2, 0.25) is 0 Å². The van der Waals surface area contributed by atoms with Gasteiger partial charge in [0.2, 0.25) is 0 Å². The fraction of sp³-hybridized carbons (Fsp3) is 0.269. The molecule has 0 heterocycles. The number of rotatable bonds is 7. The fourth-order valence-electron chi connectivity index (χ4n) is 3.60. The van der Waals surface area contributed by atoms with Gasteiger partial charge in [0.05, 0.1) is 5.69 Å². The Kier molecular flexibility index (Phi) is 6.71. The third-order valence-electron chi connectivity index (χ3n) is 5.31. The Balaban J connectivity index is 1.89. The van der Waals surface area contributed by atoms with Crippen LogP contribution in [0.25, 0.3) is 0 Å². The van der Waals surface area contributed by atoms with E-state index in [0.717, 1.165) is 48.3 Å². The first-order valence-corrected chi connectivity index (χ1v) is 10.4. The summed E-state index contributed by atoms with van der Waals surface area (Å²) in [6, 6.07) is 20.2. The minimum absolute atomic E-state index is 0.275. The number of aryl methyl sites for hydroxylation is 2. The van der Waals surface area contributed by atoms with Crippen LogP contribution in [0.4, 0.5) is 11.4 Å². The Morgan fingerprint density at radius 3 is 2.07 bits per heavy atom. The van der Waals surface area contributed by atoms with Crippen LogP contribution in [0.5, 0.6) is 5.75 Å². The number of aliphatic imine (C=N–C) groups is 1. The molecule has 3 rings (SSSR count). The van der Waals surface area contributed by atoms with Crippen LogP contribution in [0.3, 0.4) is 0 Å². The molecule has 3 aromatic rings. The molecule has 0 aromatic heterocycles. The van der Waals surface area contributed by atoms with Gasteiger partial charge in [0.15, 0.2) is 0 Å². The Labute approximate surface area is 173 Å². The molecule has 0 aliphatic rings. The van der Waals surface area contributed by atoms with Crippen molar-refractivity contribution in [3.8, 4) is 5.75 Å². The van der Waals surface area contributed by atoms with E-state index >= 15 is 0 Å². The van der Waals surface area contributed by atoms with Crippen molar-refractivity contribution in [1.29, 1.82) is 0 Å². The summed E-state index contributed by atoms with van der Waals surface area (Å²) in [5, 5.41) is 9.54. The lowest BCUT2D eigenvalue weighted by molar-refractivity contribution is 0.475. The first-order valence-electron chi connectivity index (χ1n) is 10.4. The smallest absolute Gasteiger partial charge is 0.115 e. The molecule has 150 valence electrons. The van der Waals surface area contributed by atoms with E-state index in [1.54, 1.807) is 12.1 Å². The molecule has 0 unspecified atom stereocenters. The van der Waals surface area contributed by atoms with Crippen LogP contribution in [0, 0.1) is 0 Å². The highest BCUT2D eigenvalue weighted by atomic mass is 16.3. The number of hydrogen-bond donors (Lipinski definition) is 2. The van der Waals surface area contributed by atoms with Gasteiger partial charge < -0.3 is 10.8 Å². The second-order valence-corrected chi connectivity index (χ2v) is 7.34. The maximum absolute atomic E-state index is 9.54. The van der Waals surface area contributed by atoms with Crippen molar-refractivity contribution in [3.05, 3.63) is 88.5 Å². The Morgan fingerprint density at radius 1 is 0.828 bits per heavy atom. The molecular weight excluding hydrogens is 356 g/mol. The van der Waals surface area contributed by atoms with Crippen molar-refractivity contribution in [1.82, 2.24) is 0 Å². The summed E-state index contributed by atoms with van der Waals surface area (Å²) in [6.07, 6.45) is 3.61. The Hall–Kier alpha value is -3.07. The zero-order chi connectivity index (χ0) is 20.8. The number of nitrogen functional groups attached to an aromatic ring is 1. The van der Waals surface area contributed by atoms with E-state index in [4.69, 9.17) is 10.7 Å². The summed E-state index contributed by atoms with van der Waals surface area (Å²) in [5.74, 6) is 0.275. The molecule has 0 aliphatic heterocycles. The van der Waals surface area contributed by atoms with Crippen molar-refractivity contribution in [2.24, 2.45) is 4.99 Å². The molecule has 0 atom stereocenters. The van der Waals surface area contributed by atoms with Gasteiger partial charge in [-0.25, -0.2) is 0 Å². The lowest BCUT2D eigenvalue weighted by Crippen LogP contribution is -1.99. The molecule has 29 heavy (non-hydrogen) atoms. The van der Waals surface area contributed by atoms with E-state index in [9.17, 15) is 5.11 Å². The molecule has 3 nitrogen and oxygen atoms in total. The molecule has 0 fully saturated rings. The van der Waals surface area contributed by atoms with Gasteiger partial charge in [0.1, 0.15) is 5.75 Å². The molecule has 3 heteroatoms. The Bertz CT molecular complexity index is 1000. The van der Waals surface area contributed by atoms with Crippen molar-refractivity contribution in [2.45, 2.75) is 46.5 Å². The number of phenols is 1. The van der Waals surface area contributed by atoms with Gasteiger partial charge in [-0.05, 0) is 89.9 Å². The predicted molar refractivity (Wildman–Crippen MR) is 123 cm³/mol. The molecule has 3 aromatic carbocycles. The summed E-state index contributed by atoms with van der Waals surface area (Å²) < 4.78 is 0. The number of anilines is 1. The van der Waals surface area contributed by atoms with Gasteiger partial charge in [0, 0.05) is 11.4 Å². The van der Waals surface area contributed by atoms with Crippen LogP contribution < -0.4 is 5.73 Å². The van der Waals surface area contributed by atoms with E-state index in [2.05, 4.69) is 51.1 Å². The summed E-state index contributed by atoms with van der Waals surface area (Å²) in [4.78, 5) is 4.95. The molecule has 0 spiro atoms. The van der Waals surface area contributed by atoms with Crippen LogP contribution in [-0.2, 0) is 19.3 Å². The first kappa shape index (κ1) is 20.7. The topological polar surface area (TPSA) is 58.6 Å². The van der Waals surface area contributed by atoms with Crippen LogP contribution in [-0.4, -0.2) is 10.8 Å². The average Bonchev–Trinajstić information content (AvgIpc) is 2.74. The number of nitrogens with two attached hydrogens (primary N) is 1. The van der Waals surface area contributed by atoms with E-state index in [0.29, 0.717) is 0 Å². The van der Waals surface area contributed by atoms with Gasteiger partial charge in [-0.2, -0.15) is 0 Å². The van der Waals surface area contributed by atoms with Crippen LogP contribution in [0.15, 0.2) is 65.7 Å². The molecule has 0 saturated carbocycles. The van der Waals surface area contributed by atoms with Gasteiger partial charge in [-0.1, -0.05) is 45.0 Å². The highest BCUT2D eigenvalue weighted by Crippen LogP contribution is 2.26. The largest absolute Gasteiger partial charge is 0.508 e. The molecule has 3 N–H and O–H groups in total. The monoisotopic (exact) mass is 386 g/mol. The van der Waals surface area contributed by atoms with Crippen molar-refractivity contribution >= 4 is 17.1 Å². The van der Waals surface area contributed by atoms with Gasteiger partial charge in [-0.15, -0.1) is 0 Å². The quantitative estimate of drug-likeness (QED) is 0.374. The lowest BCUT2D eigenvalue weighted by atomic mass is 9.98. The molecular formula is C26H30N2O. The summed E-state index contributed by atoms with van der Waals surface area (Å²) in [6.45, 7) is 6.41. The minimum Gasteiger partial charge on any atom is -0.508 e. The van der Waals surface area contributed by atoms with Gasteiger partial charge >= 0.3 is 0 Å². The summed E-state index contributed by atoms with van der Waals surface area (Å²) in [5.41, 5.74) is 15.0. The molecule has 0 bridgehead atoms. The maximum atomic E-state index is 9.54. The van der Waals surface area contributed by atoms with E-state index in [-0.39, 0.29) is 5.75 Å². The van der Waals surface area contributed by atoms with Crippen molar-refractivity contribution in [2.75, 3.05) is 5.73 Å². The molecule has 0 aliphatic carbocycles. The standard InChI is InChI=1S/C26H30N2O/c1-4-20-16-18(7-13-24(20)27)15-19-8-14-26(21(5-2)17-19)28-25(6-3)22-9-11-23(29)12-10-22/h7-14,16-17,29H,4-6,15,27H2,1-3H3/b28-25+. The third-order valence-corrected chi connectivity index (χ3v) is 5.31. The number of aromatic hydroxyl groups is 1. The number of benzene rings is 3. The molecule has 0 amide bonds. The zero-order valence-electron chi connectivity index (χ0n) is 17.6. The number of hydrogen-bond acceptors (Lipinski definition) is 3. The number of phenolic OH excluding ortho intramolecular Hbond substituents is 1. The highest BCUT2D eigenvalue weighted by Gasteiger charge is 2.07. The fourth-order valence-corrected chi connectivity index (χ4v) is 3.60. The Morgan fingerprint density at radius 2 is 1.45 bits per heavy atom. The maximum Gasteiger partial charge on any atom is 0.115 e. The first-order chi connectivity index (χ1) is 14.0. The number of nitrogens with zero attached hydrogens (tertiary/aromatic N) is 1. The average molecular weight is 387 g/mol. The summed E-state index contributed by atoms with van der Waals surface area (Å²) >= 11 is 0. The lowest BCUT2D eigenvalue weighted by Gasteiger charge is -2.11. The van der Waals surface area contributed by atoms with Crippen LogP contribution >= 0.6 is 0 Å². The van der Waals surface area contributed by atoms with Crippen molar-refractivity contribution < 1.29 is 5.11 Å². The van der Waals surface area contributed by atoms with Crippen molar-refractivity contribution in [3.63, 3.8) is 0 Å². The third kappa shape index (κ3) is 5.05. The molecule has 0 saturated heterocycles. The van der Waals surface area contributed by atoms with Gasteiger partial charge in [-0.3, -0.25) is 4.99 Å². The summed E-state index contributed by atoms with van der Waals surface area (Å²) in [7, 11) is 0. The zero-order valence-corrected chi connectivity index (χ0v) is 17.6. The minimum atomic E-state index is 0.275. The van der Waals surface area contributed by atoms with Gasteiger partial charge in [0.25, 0.3) is 0 Å². The van der Waals surface area contributed by atoms with E-state index in [1.165, 1.54) is 22.3 Å². The normalized spacial score (nSPS) is 11.6. The second kappa shape index (κ2) is 9.42. The van der Waals surface area contributed by atoms with E-state index in [1.807, 2.05) is 18.2 Å². The highest BCUT2D eigenvalue weighted by molar-refractivity contribution is 6.02. The predicted octanol–water partition coefficient (Wildman–Crippen LogP) is 6.22. The SMILES string of the molecule is CC/C(=N\c1ccc(Cc2ccc(N)c(CC)c2)cc1CC)c1ccc(O)cc1. The second-order valence-electron chi connectivity index (χ2n) is 7.34. The molecule has 0 radical (unpaired) electrons. The van der Waals surface area contributed by atoms with E-state index < -0.39 is 0 Å².